The third kappa shape index (κ3) is 3.93. The Balaban J connectivity index is 1.35. The number of hydrogen-bond acceptors (Lipinski definition) is 4. The molecule has 166 valence electrons. The molecule has 32 heavy (non-hydrogen) atoms. The van der Waals surface area contributed by atoms with Gasteiger partial charge >= 0.3 is 11.1 Å². The first-order chi connectivity index (χ1) is 15.3. The van der Waals surface area contributed by atoms with Crippen LogP contribution in [0.15, 0.2) is 52.1 Å². The van der Waals surface area contributed by atoms with Gasteiger partial charge in [-0.25, -0.2) is 9.07 Å². The molecule has 1 aromatic heterocycles. The van der Waals surface area contributed by atoms with Gasteiger partial charge in [-0.15, -0.1) is 0 Å². The highest BCUT2D eigenvalue weighted by atomic mass is 19.1. The largest absolute Gasteiger partial charge is 0.332 e. The maximum absolute atomic E-state index is 13.2. The fourth-order valence-corrected chi connectivity index (χ4v) is 5.33. The second-order valence-corrected chi connectivity index (χ2v) is 9.53. The van der Waals surface area contributed by atoms with E-state index >= 15 is 0 Å². The summed E-state index contributed by atoms with van der Waals surface area (Å²) in [6, 6.07) is 12.6. The summed E-state index contributed by atoms with van der Waals surface area (Å²) in [6.07, 6.45) is 1.67. The van der Waals surface area contributed by atoms with Gasteiger partial charge in [-0.2, -0.15) is 5.10 Å². The Kier molecular flexibility index (Phi) is 5.08. The van der Waals surface area contributed by atoms with Crippen LogP contribution in [0.25, 0.3) is 0 Å². The molecule has 6 nitrogen and oxygen atoms in total. The summed E-state index contributed by atoms with van der Waals surface area (Å²) in [4.78, 5) is 27.9. The fraction of sp³-hybridized carbons (Fsp3) is 0.400. The number of aromatic nitrogens is 3. The van der Waals surface area contributed by atoms with E-state index in [0.29, 0.717) is 18.8 Å². The van der Waals surface area contributed by atoms with Crippen LogP contribution in [-0.2, 0) is 26.1 Å². The highest BCUT2D eigenvalue weighted by Crippen LogP contribution is 2.39. The number of aryl methyl sites for hydroxylation is 2. The van der Waals surface area contributed by atoms with E-state index in [4.69, 9.17) is 0 Å². The fourth-order valence-electron chi connectivity index (χ4n) is 5.33. The Morgan fingerprint density at radius 3 is 2.38 bits per heavy atom. The molecule has 0 unspecified atom stereocenters. The van der Waals surface area contributed by atoms with Crippen molar-refractivity contribution in [3.8, 4) is 0 Å². The number of nitrogens with zero attached hydrogens (tertiary/aromatic N) is 4. The molecule has 2 aromatic carbocycles. The van der Waals surface area contributed by atoms with Crippen molar-refractivity contribution in [2.75, 3.05) is 13.1 Å². The van der Waals surface area contributed by atoms with E-state index in [1.807, 2.05) is 0 Å². The quantitative estimate of drug-likeness (QED) is 0.593. The normalized spacial score (nSPS) is 20.2. The lowest BCUT2D eigenvalue weighted by Crippen LogP contribution is -2.43. The molecular formula is C25H27FN4O2. The van der Waals surface area contributed by atoms with Gasteiger partial charge in [0.1, 0.15) is 11.6 Å². The van der Waals surface area contributed by atoms with E-state index in [1.165, 1.54) is 33.5 Å². The van der Waals surface area contributed by atoms with Gasteiger partial charge in [0, 0.05) is 31.5 Å². The predicted molar refractivity (Wildman–Crippen MR) is 120 cm³/mol. The van der Waals surface area contributed by atoms with Gasteiger partial charge in [0.25, 0.3) is 0 Å². The minimum atomic E-state index is -0.625. The van der Waals surface area contributed by atoms with Crippen molar-refractivity contribution < 1.29 is 4.39 Å². The van der Waals surface area contributed by atoms with Crippen molar-refractivity contribution in [1.82, 2.24) is 19.2 Å². The van der Waals surface area contributed by atoms with E-state index in [2.05, 4.69) is 42.0 Å². The zero-order valence-corrected chi connectivity index (χ0v) is 18.5. The smallest absolute Gasteiger partial charge is 0.298 e. The molecule has 0 aliphatic carbocycles. The Bertz CT molecular complexity index is 1270. The minimum absolute atomic E-state index is 0.0560. The average Bonchev–Trinajstić information content (AvgIpc) is 3.29. The summed E-state index contributed by atoms with van der Waals surface area (Å²) >= 11 is 0. The summed E-state index contributed by atoms with van der Waals surface area (Å²) in [7, 11) is 0. The predicted octanol–water partition coefficient (Wildman–Crippen LogP) is 2.66. The summed E-state index contributed by atoms with van der Waals surface area (Å²) in [5, 5.41) is 4.54. The van der Waals surface area contributed by atoms with Crippen molar-refractivity contribution in [3.63, 3.8) is 0 Å². The molecule has 3 heterocycles. The lowest BCUT2D eigenvalue weighted by Gasteiger charge is -2.23. The number of rotatable bonds is 4. The molecule has 0 radical (unpaired) electrons. The van der Waals surface area contributed by atoms with Crippen LogP contribution in [0.4, 0.5) is 4.39 Å². The molecule has 7 heteroatoms. The number of likely N-dealkylation sites (tertiary alicyclic amines) is 1. The molecule has 5 rings (SSSR count). The van der Waals surface area contributed by atoms with Crippen molar-refractivity contribution >= 4 is 0 Å². The van der Waals surface area contributed by atoms with Crippen LogP contribution >= 0.6 is 0 Å². The van der Waals surface area contributed by atoms with E-state index in [1.54, 1.807) is 16.7 Å². The van der Waals surface area contributed by atoms with Crippen LogP contribution in [-0.4, -0.2) is 32.3 Å². The van der Waals surface area contributed by atoms with Gasteiger partial charge in [0.05, 0.1) is 6.54 Å². The van der Waals surface area contributed by atoms with Gasteiger partial charge in [0.15, 0.2) is 0 Å². The SMILES string of the molecule is Cc1cc(C)cc(CN2CC[C@]3(Cc4nn(Cc5ccc(F)cc5)c(=O)c(=O)n4C3)C2)c1. The average molecular weight is 435 g/mol. The second kappa shape index (κ2) is 7.81. The van der Waals surface area contributed by atoms with Crippen molar-refractivity contribution in [2.45, 2.75) is 46.3 Å². The summed E-state index contributed by atoms with van der Waals surface area (Å²) in [6.45, 7) is 7.69. The molecule has 3 aromatic rings. The molecule has 2 aliphatic rings. The molecular weight excluding hydrogens is 407 g/mol. The van der Waals surface area contributed by atoms with E-state index in [0.717, 1.165) is 31.6 Å². The first-order valence-corrected chi connectivity index (χ1v) is 11.1. The molecule has 1 fully saturated rings. The maximum atomic E-state index is 13.2. The molecule has 0 amide bonds. The Labute approximate surface area is 185 Å². The van der Waals surface area contributed by atoms with E-state index in [-0.39, 0.29) is 17.8 Å². The standard InChI is InChI=1S/C25H27FN4O2/c1-17-9-18(2)11-20(10-17)13-28-8-7-25(15-28)12-22-27-30(24(32)23(31)29(22)16-25)14-19-3-5-21(26)6-4-19/h3-6,9-11H,7-8,12-16H2,1-2H3/t25-/m0/s1. The first kappa shape index (κ1) is 20.8. The zero-order chi connectivity index (χ0) is 22.5. The van der Waals surface area contributed by atoms with Gasteiger partial charge in [-0.05, 0) is 50.1 Å². The van der Waals surface area contributed by atoms with Crippen molar-refractivity contribution in [3.05, 3.63) is 97.1 Å². The zero-order valence-electron chi connectivity index (χ0n) is 18.5. The summed E-state index contributed by atoms with van der Waals surface area (Å²) in [5.74, 6) is 0.335. The van der Waals surface area contributed by atoms with Crippen LogP contribution in [0, 0.1) is 25.1 Å². The molecule has 0 saturated carbocycles. The Morgan fingerprint density at radius 2 is 1.66 bits per heavy atom. The van der Waals surface area contributed by atoms with Crippen LogP contribution < -0.4 is 11.1 Å². The number of hydrogen-bond donors (Lipinski definition) is 0. The number of halogens is 1. The van der Waals surface area contributed by atoms with Gasteiger partial charge in [-0.3, -0.25) is 19.1 Å². The number of fused-ring (bicyclic) bond motifs is 1. The van der Waals surface area contributed by atoms with Crippen LogP contribution in [0.1, 0.15) is 34.5 Å². The topological polar surface area (TPSA) is 60.1 Å². The van der Waals surface area contributed by atoms with Gasteiger partial charge < -0.3 is 0 Å². The van der Waals surface area contributed by atoms with Crippen molar-refractivity contribution in [1.29, 1.82) is 0 Å². The van der Waals surface area contributed by atoms with Gasteiger partial charge in [0.2, 0.25) is 0 Å². The van der Waals surface area contributed by atoms with Crippen LogP contribution in [0.5, 0.6) is 0 Å². The van der Waals surface area contributed by atoms with Crippen molar-refractivity contribution in [2.24, 2.45) is 5.41 Å². The van der Waals surface area contributed by atoms with Crippen LogP contribution in [0.2, 0.25) is 0 Å². The monoisotopic (exact) mass is 434 g/mol. The first-order valence-electron chi connectivity index (χ1n) is 11.1. The third-order valence-electron chi connectivity index (χ3n) is 6.69. The highest BCUT2D eigenvalue weighted by Gasteiger charge is 2.44. The van der Waals surface area contributed by atoms with E-state index in [9.17, 15) is 14.0 Å². The lowest BCUT2D eigenvalue weighted by molar-refractivity contribution is 0.246. The van der Waals surface area contributed by atoms with E-state index < -0.39 is 11.1 Å². The molecule has 1 saturated heterocycles. The second-order valence-electron chi connectivity index (χ2n) is 9.53. The molecule has 0 bridgehead atoms. The molecule has 2 aliphatic heterocycles. The third-order valence-corrected chi connectivity index (χ3v) is 6.69. The Morgan fingerprint density at radius 1 is 0.938 bits per heavy atom. The molecule has 1 atom stereocenters. The lowest BCUT2D eigenvalue weighted by atomic mass is 9.86. The summed E-state index contributed by atoms with van der Waals surface area (Å²) < 4.78 is 16.0. The number of benzene rings is 2. The summed E-state index contributed by atoms with van der Waals surface area (Å²) in [5.41, 5.74) is 3.39. The minimum Gasteiger partial charge on any atom is -0.298 e. The molecule has 1 spiro atoms. The maximum Gasteiger partial charge on any atom is 0.332 e. The van der Waals surface area contributed by atoms with Gasteiger partial charge in [-0.1, -0.05) is 41.5 Å². The van der Waals surface area contributed by atoms with Crippen LogP contribution in [0.3, 0.4) is 0 Å². The highest BCUT2D eigenvalue weighted by molar-refractivity contribution is 5.28. The molecule has 0 N–H and O–H groups in total. The Hall–Kier alpha value is -3.06.